The van der Waals surface area contributed by atoms with E-state index in [1.165, 1.54) is 16.7 Å². The standard InChI is InChI=1S/C23H25N5O3S/c1-4-18-19(11-24)23(27-22(21(18)26-2)28(3)12-20(25)31)32-14-16-7-5-15(6-8-16)9-10-17(30)13-29/h5-8,29H,4,9-10,12-14H2,1,3H3,(H2,25,31). The predicted octanol–water partition coefficient (Wildman–Crippen LogP) is 2.77. The van der Waals surface area contributed by atoms with Crippen LogP contribution in [0.25, 0.3) is 4.85 Å². The number of Topliss-reactive ketones (excluding diaryl/α,β-unsaturated/α-hetero) is 1. The largest absolute Gasteiger partial charge is 0.389 e. The molecule has 3 N–H and O–H groups in total. The van der Waals surface area contributed by atoms with Gasteiger partial charge in [-0.2, -0.15) is 5.26 Å². The van der Waals surface area contributed by atoms with E-state index < -0.39 is 12.5 Å². The molecule has 0 unspecified atom stereocenters. The molecular weight excluding hydrogens is 426 g/mol. The van der Waals surface area contributed by atoms with Crippen molar-refractivity contribution in [3.8, 4) is 6.07 Å². The van der Waals surface area contributed by atoms with Crippen molar-refractivity contribution in [2.24, 2.45) is 5.73 Å². The fourth-order valence-electron chi connectivity index (χ4n) is 3.16. The highest BCUT2D eigenvalue weighted by atomic mass is 32.2. The first kappa shape index (κ1) is 24.9. The lowest BCUT2D eigenvalue weighted by Crippen LogP contribution is -2.31. The van der Waals surface area contributed by atoms with Gasteiger partial charge in [-0.1, -0.05) is 31.2 Å². The molecule has 0 fully saturated rings. The van der Waals surface area contributed by atoms with Gasteiger partial charge in [0.2, 0.25) is 11.6 Å². The van der Waals surface area contributed by atoms with Gasteiger partial charge in [-0.3, -0.25) is 9.59 Å². The molecule has 0 bridgehead atoms. The topological polar surface area (TPSA) is 125 Å². The normalized spacial score (nSPS) is 10.3. The molecule has 0 aliphatic heterocycles. The van der Waals surface area contributed by atoms with E-state index in [2.05, 4.69) is 15.9 Å². The van der Waals surface area contributed by atoms with Crippen LogP contribution < -0.4 is 10.6 Å². The van der Waals surface area contributed by atoms with Crippen molar-refractivity contribution >= 4 is 35.0 Å². The van der Waals surface area contributed by atoms with Gasteiger partial charge in [0, 0.05) is 19.2 Å². The van der Waals surface area contributed by atoms with Gasteiger partial charge in [-0.25, -0.2) is 9.83 Å². The summed E-state index contributed by atoms with van der Waals surface area (Å²) < 4.78 is 0. The molecule has 1 heterocycles. The van der Waals surface area contributed by atoms with E-state index in [1.54, 1.807) is 7.05 Å². The fourth-order valence-corrected chi connectivity index (χ4v) is 4.12. The van der Waals surface area contributed by atoms with Crippen LogP contribution in [0.3, 0.4) is 0 Å². The molecule has 0 radical (unpaired) electrons. The molecule has 0 atom stereocenters. The summed E-state index contributed by atoms with van der Waals surface area (Å²) in [6.45, 7) is 8.91. The van der Waals surface area contributed by atoms with Crippen LogP contribution in [-0.4, -0.2) is 42.0 Å². The van der Waals surface area contributed by atoms with Gasteiger partial charge in [0.15, 0.2) is 5.78 Å². The smallest absolute Gasteiger partial charge is 0.236 e. The number of aromatic nitrogens is 1. The molecule has 1 aromatic carbocycles. The van der Waals surface area contributed by atoms with Crippen molar-refractivity contribution in [1.82, 2.24) is 4.98 Å². The Kier molecular flexibility index (Phi) is 9.21. The van der Waals surface area contributed by atoms with Crippen molar-refractivity contribution in [3.63, 3.8) is 0 Å². The van der Waals surface area contributed by atoms with Crippen LogP contribution in [-0.2, 0) is 28.2 Å². The summed E-state index contributed by atoms with van der Waals surface area (Å²) in [5.74, 6) is 0.159. The number of primary amides is 1. The molecule has 1 aromatic heterocycles. The number of aryl methyl sites for hydroxylation is 1. The fraction of sp³-hybridized carbons (Fsp3) is 0.348. The van der Waals surface area contributed by atoms with E-state index in [0.29, 0.717) is 47.0 Å². The first-order valence-corrected chi connectivity index (χ1v) is 11.0. The highest BCUT2D eigenvalue weighted by Gasteiger charge is 2.22. The third kappa shape index (κ3) is 6.30. The Bertz CT molecular complexity index is 1070. The molecule has 2 aromatic rings. The summed E-state index contributed by atoms with van der Waals surface area (Å²) in [4.78, 5) is 32.3. The number of carbonyl (C=O) groups is 2. The quantitative estimate of drug-likeness (QED) is 0.397. The lowest BCUT2D eigenvalue weighted by molar-refractivity contribution is -0.121. The summed E-state index contributed by atoms with van der Waals surface area (Å²) in [5.41, 5.74) is 8.56. The molecule has 0 spiro atoms. The zero-order valence-electron chi connectivity index (χ0n) is 18.1. The third-order valence-electron chi connectivity index (χ3n) is 4.82. The Morgan fingerprint density at radius 1 is 1.31 bits per heavy atom. The SMILES string of the molecule is [C-]#[N+]c1c(N(C)CC(N)=O)nc(SCc2ccc(CCC(=O)CO)cc2)c(C#N)c1CC. The predicted molar refractivity (Wildman–Crippen MR) is 123 cm³/mol. The highest BCUT2D eigenvalue weighted by Crippen LogP contribution is 2.38. The van der Waals surface area contributed by atoms with Gasteiger partial charge in [0.25, 0.3) is 0 Å². The van der Waals surface area contributed by atoms with Crippen LogP contribution in [0, 0.1) is 17.9 Å². The molecule has 0 aliphatic carbocycles. The van der Waals surface area contributed by atoms with E-state index in [-0.39, 0.29) is 18.0 Å². The molecule has 32 heavy (non-hydrogen) atoms. The summed E-state index contributed by atoms with van der Waals surface area (Å²) in [6, 6.07) is 9.96. The van der Waals surface area contributed by atoms with Gasteiger partial charge in [-0.05, 0) is 29.5 Å². The molecular formula is C23H25N5O3S. The average Bonchev–Trinajstić information content (AvgIpc) is 2.79. The zero-order chi connectivity index (χ0) is 23.7. The monoisotopic (exact) mass is 451 g/mol. The lowest BCUT2D eigenvalue weighted by Gasteiger charge is -2.21. The van der Waals surface area contributed by atoms with E-state index in [4.69, 9.17) is 17.4 Å². The minimum absolute atomic E-state index is 0.0884. The van der Waals surface area contributed by atoms with Gasteiger partial charge >= 0.3 is 0 Å². The molecule has 8 nitrogen and oxygen atoms in total. The molecule has 166 valence electrons. The van der Waals surface area contributed by atoms with Crippen LogP contribution >= 0.6 is 11.8 Å². The first-order chi connectivity index (χ1) is 15.3. The summed E-state index contributed by atoms with van der Waals surface area (Å²) in [5, 5.41) is 19.1. The number of anilines is 1. The molecule has 0 saturated carbocycles. The lowest BCUT2D eigenvalue weighted by atomic mass is 10.1. The maximum absolute atomic E-state index is 11.4. The first-order valence-electron chi connectivity index (χ1n) is 10.0. The van der Waals surface area contributed by atoms with Crippen LogP contribution in [0.15, 0.2) is 29.3 Å². The number of likely N-dealkylation sites (N-methyl/N-ethyl adjacent to an activating group) is 1. The number of nitriles is 1. The minimum Gasteiger partial charge on any atom is -0.389 e. The zero-order valence-corrected chi connectivity index (χ0v) is 18.9. The van der Waals surface area contributed by atoms with Gasteiger partial charge in [0.1, 0.15) is 23.5 Å². The van der Waals surface area contributed by atoms with Crippen molar-refractivity contribution in [2.45, 2.75) is 37.0 Å². The second-order valence-corrected chi connectivity index (χ2v) is 8.11. The number of hydrogen-bond donors (Lipinski definition) is 2. The van der Waals surface area contributed by atoms with Crippen molar-refractivity contribution in [1.29, 1.82) is 5.26 Å². The van der Waals surface area contributed by atoms with E-state index in [1.807, 2.05) is 31.2 Å². The van der Waals surface area contributed by atoms with Gasteiger partial charge in [-0.15, -0.1) is 11.8 Å². The van der Waals surface area contributed by atoms with Crippen LogP contribution in [0.1, 0.15) is 35.6 Å². The number of pyridine rings is 1. The molecule has 1 amide bonds. The Morgan fingerprint density at radius 2 is 1.97 bits per heavy atom. The Balaban J connectivity index is 2.29. The molecule has 0 aliphatic rings. The number of hydrogen-bond acceptors (Lipinski definition) is 7. The number of amides is 1. The minimum atomic E-state index is -0.539. The van der Waals surface area contributed by atoms with E-state index in [0.717, 1.165) is 11.1 Å². The Hall–Kier alpha value is -3.40. The van der Waals surface area contributed by atoms with Crippen LogP contribution in [0.4, 0.5) is 11.5 Å². The van der Waals surface area contributed by atoms with Crippen LogP contribution in [0.2, 0.25) is 0 Å². The number of nitrogens with two attached hydrogens (primary N) is 1. The van der Waals surface area contributed by atoms with Crippen molar-refractivity contribution in [3.05, 3.63) is 57.9 Å². The van der Waals surface area contributed by atoms with Crippen molar-refractivity contribution < 1.29 is 14.7 Å². The Morgan fingerprint density at radius 3 is 2.50 bits per heavy atom. The average molecular weight is 452 g/mol. The number of carbonyl (C=O) groups excluding carboxylic acids is 2. The molecule has 9 heteroatoms. The Labute approximate surface area is 191 Å². The summed E-state index contributed by atoms with van der Waals surface area (Å²) in [7, 11) is 1.64. The highest BCUT2D eigenvalue weighted by molar-refractivity contribution is 7.98. The third-order valence-corrected chi connectivity index (χ3v) is 5.87. The molecule has 0 saturated heterocycles. The number of benzene rings is 1. The number of thioether (sulfide) groups is 1. The van der Waals surface area contributed by atoms with Gasteiger partial charge in [0.05, 0.1) is 18.7 Å². The second kappa shape index (κ2) is 11.8. The maximum Gasteiger partial charge on any atom is 0.236 e. The number of aliphatic hydroxyl groups excluding tert-OH is 1. The van der Waals surface area contributed by atoms with E-state index in [9.17, 15) is 14.9 Å². The number of rotatable bonds is 11. The van der Waals surface area contributed by atoms with Gasteiger partial charge < -0.3 is 15.7 Å². The van der Waals surface area contributed by atoms with Crippen molar-refractivity contribution in [2.75, 3.05) is 25.1 Å². The van der Waals surface area contributed by atoms with E-state index >= 15 is 0 Å². The number of ketones is 1. The summed E-state index contributed by atoms with van der Waals surface area (Å²) in [6.07, 6.45) is 1.35. The number of aliphatic hydroxyl groups is 1. The summed E-state index contributed by atoms with van der Waals surface area (Å²) >= 11 is 1.39. The maximum atomic E-state index is 11.4. The number of nitrogens with zero attached hydrogens (tertiary/aromatic N) is 4. The van der Waals surface area contributed by atoms with Crippen LogP contribution in [0.5, 0.6) is 0 Å². The molecule has 2 rings (SSSR count). The second-order valence-electron chi connectivity index (χ2n) is 7.14.